The number of nitrogens with zero attached hydrogens (tertiary/aromatic N) is 3. The van der Waals surface area contributed by atoms with Crippen LogP contribution in [0, 0.1) is 27.7 Å². The van der Waals surface area contributed by atoms with Gasteiger partial charge in [-0.15, -0.1) is 10.2 Å². The van der Waals surface area contributed by atoms with Gasteiger partial charge in [0, 0.05) is 24.7 Å². The van der Waals surface area contributed by atoms with E-state index in [9.17, 15) is 13.2 Å². The van der Waals surface area contributed by atoms with Gasteiger partial charge in [-0.25, -0.2) is 8.42 Å². The number of benzene rings is 2. The monoisotopic (exact) mass is 484 g/mol. The Labute approximate surface area is 198 Å². The van der Waals surface area contributed by atoms with Crippen LogP contribution in [-0.2, 0) is 10.0 Å². The van der Waals surface area contributed by atoms with E-state index in [4.69, 9.17) is 0 Å². The second-order valence-corrected chi connectivity index (χ2v) is 11.5. The van der Waals surface area contributed by atoms with Crippen LogP contribution in [0.25, 0.3) is 0 Å². The highest BCUT2D eigenvalue weighted by Crippen LogP contribution is 2.33. The average Bonchev–Trinajstić information content (AvgIpc) is 3.28. The molecule has 0 unspecified atom stereocenters. The number of amides is 1. The van der Waals surface area contributed by atoms with Crippen molar-refractivity contribution in [2.75, 3.05) is 18.4 Å². The van der Waals surface area contributed by atoms with Crippen molar-refractivity contribution < 1.29 is 13.2 Å². The summed E-state index contributed by atoms with van der Waals surface area (Å²) in [5.41, 5.74) is 4.49. The molecule has 3 aromatic rings. The van der Waals surface area contributed by atoms with Gasteiger partial charge in [-0.05, 0) is 74.9 Å². The van der Waals surface area contributed by atoms with Crippen molar-refractivity contribution in [3.05, 3.63) is 68.7 Å². The Morgan fingerprint density at radius 2 is 1.76 bits per heavy atom. The fourth-order valence-corrected chi connectivity index (χ4v) is 6.77. The van der Waals surface area contributed by atoms with Crippen molar-refractivity contribution in [3.63, 3.8) is 0 Å². The van der Waals surface area contributed by atoms with Gasteiger partial charge in [0.2, 0.25) is 15.0 Å². The smallest absolute Gasteiger partial charge is 0.286 e. The molecule has 1 saturated heterocycles. The Balaban J connectivity index is 1.51. The molecule has 1 aromatic heterocycles. The molecule has 1 amide bonds. The van der Waals surface area contributed by atoms with E-state index >= 15 is 0 Å². The molecule has 1 aliphatic rings. The highest BCUT2D eigenvalue weighted by Gasteiger charge is 2.33. The van der Waals surface area contributed by atoms with E-state index in [0.29, 0.717) is 23.0 Å². The van der Waals surface area contributed by atoms with Crippen LogP contribution in [0.2, 0.25) is 0 Å². The number of hydrogen-bond donors (Lipinski definition) is 1. The van der Waals surface area contributed by atoms with Crippen molar-refractivity contribution in [3.8, 4) is 0 Å². The Morgan fingerprint density at radius 1 is 1.03 bits per heavy atom. The fourth-order valence-electron chi connectivity index (χ4n) is 4.09. The third-order valence-electron chi connectivity index (χ3n) is 6.17. The van der Waals surface area contributed by atoms with Crippen LogP contribution in [0.5, 0.6) is 0 Å². The van der Waals surface area contributed by atoms with Crippen LogP contribution in [0.3, 0.4) is 0 Å². The summed E-state index contributed by atoms with van der Waals surface area (Å²) >= 11 is 1.23. The second kappa shape index (κ2) is 9.32. The Morgan fingerprint density at radius 3 is 2.52 bits per heavy atom. The highest BCUT2D eigenvalue weighted by atomic mass is 32.2. The Hall–Kier alpha value is -2.62. The molecule has 174 valence electrons. The summed E-state index contributed by atoms with van der Waals surface area (Å²) in [6, 6.07) is 11.2. The predicted molar refractivity (Wildman–Crippen MR) is 130 cm³/mol. The Bertz CT molecular complexity index is 1300. The molecule has 1 N–H and O–H groups in total. The molecule has 2 heterocycles. The summed E-state index contributed by atoms with van der Waals surface area (Å²) < 4.78 is 28.4. The molecular formula is C24H28N4O3S2. The van der Waals surface area contributed by atoms with Gasteiger partial charge in [-0.3, -0.25) is 4.79 Å². The summed E-state index contributed by atoms with van der Waals surface area (Å²) in [6.07, 6.45) is 1.55. The van der Waals surface area contributed by atoms with Crippen LogP contribution in [0.15, 0.2) is 41.3 Å². The first kappa shape index (κ1) is 23.5. The number of piperidine rings is 1. The summed E-state index contributed by atoms with van der Waals surface area (Å²) in [6.45, 7) is 8.49. The molecule has 33 heavy (non-hydrogen) atoms. The number of hydrogen-bond acceptors (Lipinski definition) is 6. The zero-order valence-electron chi connectivity index (χ0n) is 19.3. The van der Waals surface area contributed by atoms with Gasteiger partial charge in [0.05, 0.1) is 4.90 Å². The number of carbonyl (C=O) groups is 1. The Kier molecular flexibility index (Phi) is 6.65. The van der Waals surface area contributed by atoms with E-state index < -0.39 is 10.0 Å². The van der Waals surface area contributed by atoms with Crippen LogP contribution < -0.4 is 5.32 Å². The average molecular weight is 485 g/mol. The first-order chi connectivity index (χ1) is 15.7. The highest BCUT2D eigenvalue weighted by molar-refractivity contribution is 7.89. The van der Waals surface area contributed by atoms with Gasteiger partial charge in [-0.1, -0.05) is 35.6 Å². The molecule has 1 fully saturated rings. The van der Waals surface area contributed by atoms with E-state index in [2.05, 4.69) is 15.5 Å². The molecule has 0 aliphatic carbocycles. The first-order valence-corrected chi connectivity index (χ1v) is 13.2. The molecule has 1 aliphatic heterocycles. The second-order valence-electron chi connectivity index (χ2n) is 8.62. The lowest BCUT2D eigenvalue weighted by molar-refractivity contribution is 0.102. The molecule has 9 heteroatoms. The molecule has 4 rings (SSSR count). The van der Waals surface area contributed by atoms with Crippen LogP contribution in [0.4, 0.5) is 5.69 Å². The molecule has 0 radical (unpaired) electrons. The number of nitrogens with one attached hydrogen (secondary N) is 1. The van der Waals surface area contributed by atoms with Crippen LogP contribution in [-0.4, -0.2) is 41.9 Å². The summed E-state index contributed by atoms with van der Waals surface area (Å²) in [5.74, 6) is -0.392. The molecule has 7 nitrogen and oxygen atoms in total. The van der Waals surface area contributed by atoms with Gasteiger partial charge < -0.3 is 5.32 Å². The normalized spacial score (nSPS) is 17.2. The molecule has 0 saturated carbocycles. The van der Waals surface area contributed by atoms with E-state index in [-0.39, 0.29) is 16.8 Å². The number of aryl methyl sites for hydroxylation is 4. The number of aromatic nitrogens is 2. The first-order valence-electron chi connectivity index (χ1n) is 10.9. The molecule has 1 atom stereocenters. The standard InChI is InChI=1S/C24H28N4O3S2/c1-15-8-5-6-10-20(15)25-22(29)24-27-26-23(32-24)19-9-7-11-28(14-19)33(30,31)21-13-17(3)16(2)12-18(21)4/h5-6,8,10,12-13,19H,7,9,11,14H2,1-4H3,(H,25,29)/t19-/m0/s1. The molecular weight excluding hydrogens is 456 g/mol. The number of carbonyl (C=O) groups excluding carboxylic acids is 1. The number of sulfonamides is 1. The maximum Gasteiger partial charge on any atom is 0.286 e. The zero-order chi connectivity index (χ0) is 23.8. The van der Waals surface area contributed by atoms with Gasteiger partial charge in [0.1, 0.15) is 5.01 Å². The predicted octanol–water partition coefficient (Wildman–Crippen LogP) is 4.59. The third-order valence-corrected chi connectivity index (χ3v) is 9.26. The molecule has 2 aromatic carbocycles. The van der Waals surface area contributed by atoms with Crippen molar-refractivity contribution in [1.29, 1.82) is 0 Å². The minimum absolute atomic E-state index is 0.0853. The van der Waals surface area contributed by atoms with Crippen molar-refractivity contribution in [2.45, 2.75) is 51.3 Å². The van der Waals surface area contributed by atoms with Crippen LogP contribution in [0.1, 0.15) is 55.8 Å². The van der Waals surface area contributed by atoms with Crippen molar-refractivity contribution in [1.82, 2.24) is 14.5 Å². The fraction of sp³-hybridized carbons (Fsp3) is 0.375. The number of para-hydroxylation sites is 1. The maximum atomic E-state index is 13.4. The summed E-state index contributed by atoms with van der Waals surface area (Å²) in [4.78, 5) is 13.0. The largest absolute Gasteiger partial charge is 0.320 e. The van der Waals surface area contributed by atoms with E-state index in [1.54, 1.807) is 10.4 Å². The topological polar surface area (TPSA) is 92.3 Å². The van der Waals surface area contributed by atoms with Gasteiger partial charge in [0.25, 0.3) is 5.91 Å². The summed E-state index contributed by atoms with van der Waals surface area (Å²) in [5, 5.41) is 12.2. The zero-order valence-corrected chi connectivity index (χ0v) is 20.9. The lowest BCUT2D eigenvalue weighted by atomic mass is 10.0. The lowest BCUT2D eigenvalue weighted by Crippen LogP contribution is -2.39. The van der Waals surface area contributed by atoms with E-state index in [0.717, 1.165) is 40.8 Å². The van der Waals surface area contributed by atoms with E-state index in [1.807, 2.05) is 58.0 Å². The molecule has 0 spiro atoms. The van der Waals surface area contributed by atoms with Gasteiger partial charge in [-0.2, -0.15) is 4.31 Å². The minimum Gasteiger partial charge on any atom is -0.320 e. The number of rotatable bonds is 5. The van der Waals surface area contributed by atoms with Crippen molar-refractivity contribution >= 4 is 33.0 Å². The van der Waals surface area contributed by atoms with Gasteiger partial charge in [0.15, 0.2) is 0 Å². The van der Waals surface area contributed by atoms with Crippen molar-refractivity contribution in [2.24, 2.45) is 0 Å². The maximum absolute atomic E-state index is 13.4. The minimum atomic E-state index is -3.62. The third kappa shape index (κ3) is 4.85. The molecule has 0 bridgehead atoms. The SMILES string of the molecule is Cc1cc(C)c(S(=O)(=O)N2CCC[C@H](c3nnc(C(=O)Nc4ccccc4C)s3)C2)cc1C. The quantitative estimate of drug-likeness (QED) is 0.572. The van der Waals surface area contributed by atoms with Crippen LogP contribution >= 0.6 is 11.3 Å². The summed E-state index contributed by atoms with van der Waals surface area (Å²) in [7, 11) is -3.62. The number of anilines is 1. The lowest BCUT2D eigenvalue weighted by Gasteiger charge is -2.31. The van der Waals surface area contributed by atoms with Gasteiger partial charge >= 0.3 is 0 Å². The van der Waals surface area contributed by atoms with E-state index in [1.165, 1.54) is 11.3 Å².